The molecule has 0 spiro atoms. The van der Waals surface area contributed by atoms with Crippen LogP contribution < -0.4 is 9.75 Å². The summed E-state index contributed by atoms with van der Waals surface area (Å²) < 4.78 is 25.6. The number of halogens is 1. The van der Waals surface area contributed by atoms with Crippen LogP contribution in [0.1, 0.15) is 42.3 Å². The number of unbranched alkanes of at least 4 members (excludes halogenated alkanes) is 1. The number of hydrogen-bond donors (Lipinski definition) is 0. The van der Waals surface area contributed by atoms with Gasteiger partial charge in [0.05, 0.1) is 11.7 Å². The van der Waals surface area contributed by atoms with E-state index in [1.165, 1.54) is 18.4 Å². The number of hydrazone groups is 1. The summed E-state index contributed by atoms with van der Waals surface area (Å²) in [6.07, 6.45) is 4.04. The van der Waals surface area contributed by atoms with Gasteiger partial charge in [0, 0.05) is 39.2 Å². The maximum Gasteiger partial charge on any atom is 0.289 e. The van der Waals surface area contributed by atoms with Crippen LogP contribution in [-0.4, -0.2) is 72.6 Å². The Balaban J connectivity index is 1.17. The minimum Gasteiger partial charge on any atom is -0.489 e. The van der Waals surface area contributed by atoms with E-state index in [2.05, 4.69) is 17.0 Å². The number of piperazine rings is 1. The Bertz CT molecular complexity index is 1400. The van der Waals surface area contributed by atoms with E-state index in [4.69, 9.17) is 14.3 Å². The van der Waals surface area contributed by atoms with E-state index < -0.39 is 5.41 Å². The molecule has 4 heterocycles. The summed E-state index contributed by atoms with van der Waals surface area (Å²) >= 11 is 0. The molecule has 1 fully saturated rings. The van der Waals surface area contributed by atoms with Crippen LogP contribution in [0.5, 0.6) is 5.75 Å². The second-order valence-corrected chi connectivity index (χ2v) is 10.7. The lowest BCUT2D eigenvalue weighted by Crippen LogP contribution is -2.53. The Kier molecular flexibility index (Phi) is 7.14. The highest BCUT2D eigenvalue weighted by Crippen LogP contribution is 2.48. The normalized spacial score (nSPS) is 22.4. The predicted molar refractivity (Wildman–Crippen MR) is 149 cm³/mol. The quantitative estimate of drug-likeness (QED) is 0.389. The Morgan fingerprint density at radius 3 is 2.55 bits per heavy atom. The summed E-state index contributed by atoms with van der Waals surface area (Å²) in [5.74, 6) is 0.426. The molecule has 40 heavy (non-hydrogen) atoms. The van der Waals surface area contributed by atoms with Crippen LogP contribution in [0.3, 0.4) is 0 Å². The number of carbonyl (C=O) groups excluding carboxylic acids is 2. The van der Waals surface area contributed by atoms with Gasteiger partial charge in [-0.05, 0) is 49.2 Å². The highest BCUT2D eigenvalue weighted by Gasteiger charge is 2.55. The van der Waals surface area contributed by atoms with Crippen LogP contribution in [0.15, 0.2) is 76.4 Å². The summed E-state index contributed by atoms with van der Waals surface area (Å²) in [6.45, 7) is 5.76. The monoisotopic (exact) mass is 544 g/mol. The fourth-order valence-corrected chi connectivity index (χ4v) is 6.38. The van der Waals surface area contributed by atoms with Crippen molar-refractivity contribution in [2.75, 3.05) is 44.3 Å². The first-order valence-corrected chi connectivity index (χ1v) is 13.9. The standard InChI is InChI=1S/C31H33FN4O4/c1-22(37)29-31(23-8-3-2-4-9-23,28-21-40-26-12-11-24(32)20-25(26)36(28)33-29)13-5-6-14-34-15-17-35(18-16-34)30(38)27-10-7-19-39-27/h2-4,7-12,19-20,28H,5-6,13-18,21H2,1H3/t28-,31+/m0/s1. The second kappa shape index (κ2) is 10.9. The lowest BCUT2D eigenvalue weighted by Gasteiger charge is -2.41. The van der Waals surface area contributed by atoms with Crippen molar-refractivity contribution in [2.45, 2.75) is 37.6 Å². The lowest BCUT2D eigenvalue weighted by atomic mass is 9.67. The maximum absolute atomic E-state index is 14.3. The van der Waals surface area contributed by atoms with Gasteiger partial charge in [-0.1, -0.05) is 36.8 Å². The van der Waals surface area contributed by atoms with Gasteiger partial charge in [-0.3, -0.25) is 19.5 Å². The molecule has 2 atom stereocenters. The Hall–Kier alpha value is -3.98. The summed E-state index contributed by atoms with van der Waals surface area (Å²) in [6, 6.07) is 17.6. The first-order valence-electron chi connectivity index (χ1n) is 13.9. The first-order chi connectivity index (χ1) is 19.5. The molecular formula is C31H33FN4O4. The van der Waals surface area contributed by atoms with Crippen LogP contribution in [0, 0.1) is 5.82 Å². The molecule has 0 aliphatic carbocycles. The topological polar surface area (TPSA) is 78.6 Å². The van der Waals surface area contributed by atoms with Crippen LogP contribution in [0.2, 0.25) is 0 Å². The number of ketones is 1. The molecule has 0 bridgehead atoms. The molecule has 3 aliphatic rings. The molecule has 0 radical (unpaired) electrons. The zero-order chi connectivity index (χ0) is 27.7. The number of ether oxygens (including phenoxy) is 1. The number of carbonyl (C=O) groups is 2. The SMILES string of the molecule is CC(=O)C1=NN2c3cc(F)ccc3OC[C@H]2[C@@]1(CCCCN1CCN(C(=O)c2ccco2)CC1)c1ccccc1. The third kappa shape index (κ3) is 4.68. The van der Waals surface area contributed by atoms with Gasteiger partial charge >= 0.3 is 0 Å². The largest absolute Gasteiger partial charge is 0.489 e. The van der Waals surface area contributed by atoms with E-state index in [9.17, 15) is 14.0 Å². The highest BCUT2D eigenvalue weighted by atomic mass is 19.1. The Labute approximate surface area is 233 Å². The van der Waals surface area contributed by atoms with Crippen molar-refractivity contribution in [3.8, 4) is 5.75 Å². The molecule has 2 aromatic carbocycles. The predicted octanol–water partition coefficient (Wildman–Crippen LogP) is 4.51. The summed E-state index contributed by atoms with van der Waals surface area (Å²) in [7, 11) is 0. The zero-order valence-corrected chi connectivity index (χ0v) is 22.6. The number of Topliss-reactive ketones (excluding diaryl/α,β-unsaturated/α-hetero) is 1. The third-order valence-electron chi connectivity index (χ3n) is 8.37. The van der Waals surface area contributed by atoms with Crippen molar-refractivity contribution in [3.05, 3.63) is 84.1 Å². The summed E-state index contributed by atoms with van der Waals surface area (Å²) in [5, 5.41) is 6.64. The Morgan fingerprint density at radius 1 is 1.02 bits per heavy atom. The minimum absolute atomic E-state index is 0.0626. The van der Waals surface area contributed by atoms with Gasteiger partial charge in [0.25, 0.3) is 5.91 Å². The number of fused-ring (bicyclic) bond motifs is 3. The van der Waals surface area contributed by atoms with Crippen LogP contribution in [0.4, 0.5) is 10.1 Å². The summed E-state index contributed by atoms with van der Waals surface area (Å²) in [4.78, 5) is 29.9. The highest BCUT2D eigenvalue weighted by molar-refractivity contribution is 6.43. The van der Waals surface area contributed by atoms with Gasteiger partial charge in [0.1, 0.15) is 35.6 Å². The minimum atomic E-state index is -0.675. The van der Waals surface area contributed by atoms with Gasteiger partial charge < -0.3 is 14.1 Å². The first kappa shape index (κ1) is 26.3. The molecule has 1 aromatic heterocycles. The van der Waals surface area contributed by atoms with Crippen molar-refractivity contribution in [1.29, 1.82) is 0 Å². The number of rotatable bonds is 8. The van der Waals surface area contributed by atoms with Crippen LogP contribution >= 0.6 is 0 Å². The molecule has 3 aliphatic heterocycles. The molecular weight excluding hydrogens is 511 g/mol. The molecule has 0 unspecified atom stereocenters. The molecule has 208 valence electrons. The fraction of sp³-hybridized carbons (Fsp3) is 0.387. The average molecular weight is 545 g/mol. The van der Waals surface area contributed by atoms with E-state index >= 15 is 0 Å². The number of hydrogen-bond acceptors (Lipinski definition) is 7. The zero-order valence-electron chi connectivity index (χ0n) is 22.6. The molecule has 3 aromatic rings. The number of nitrogens with zero attached hydrogens (tertiary/aromatic N) is 4. The van der Waals surface area contributed by atoms with Crippen LogP contribution in [-0.2, 0) is 10.2 Å². The van der Waals surface area contributed by atoms with E-state index in [1.54, 1.807) is 30.1 Å². The van der Waals surface area contributed by atoms with Gasteiger partial charge in [-0.2, -0.15) is 5.10 Å². The van der Waals surface area contributed by atoms with Crippen molar-refractivity contribution in [2.24, 2.45) is 5.10 Å². The number of furan rings is 1. The second-order valence-electron chi connectivity index (χ2n) is 10.7. The maximum atomic E-state index is 14.3. The van der Waals surface area contributed by atoms with E-state index in [0.717, 1.165) is 38.0 Å². The molecule has 0 N–H and O–H groups in total. The van der Waals surface area contributed by atoms with Crippen molar-refractivity contribution >= 4 is 23.1 Å². The van der Waals surface area contributed by atoms with Crippen molar-refractivity contribution < 1.29 is 23.1 Å². The van der Waals surface area contributed by atoms with E-state index in [0.29, 0.717) is 49.0 Å². The lowest BCUT2D eigenvalue weighted by molar-refractivity contribution is -0.111. The average Bonchev–Trinajstić information content (AvgIpc) is 3.63. The van der Waals surface area contributed by atoms with Gasteiger partial charge in [0.15, 0.2) is 11.5 Å². The van der Waals surface area contributed by atoms with E-state index in [-0.39, 0.29) is 23.5 Å². The van der Waals surface area contributed by atoms with Gasteiger partial charge in [-0.25, -0.2) is 4.39 Å². The number of benzene rings is 2. The number of amides is 1. The molecule has 1 saturated heterocycles. The third-order valence-corrected chi connectivity index (χ3v) is 8.37. The summed E-state index contributed by atoms with van der Waals surface area (Å²) in [5.41, 5.74) is 1.39. The molecule has 1 amide bonds. The Morgan fingerprint density at radius 2 is 1.82 bits per heavy atom. The molecule has 8 nitrogen and oxygen atoms in total. The molecule has 0 saturated carbocycles. The smallest absolute Gasteiger partial charge is 0.289 e. The molecule has 6 rings (SSSR count). The fourth-order valence-electron chi connectivity index (χ4n) is 6.38. The van der Waals surface area contributed by atoms with Gasteiger partial charge in [0.2, 0.25) is 0 Å². The molecule has 9 heteroatoms. The van der Waals surface area contributed by atoms with E-state index in [1.807, 2.05) is 23.1 Å². The number of anilines is 1. The van der Waals surface area contributed by atoms with Crippen LogP contribution in [0.25, 0.3) is 0 Å². The van der Waals surface area contributed by atoms with Crippen molar-refractivity contribution in [3.63, 3.8) is 0 Å². The van der Waals surface area contributed by atoms with Crippen molar-refractivity contribution in [1.82, 2.24) is 9.80 Å². The van der Waals surface area contributed by atoms with Gasteiger partial charge in [-0.15, -0.1) is 0 Å².